The first-order valence-electron chi connectivity index (χ1n) is 11.3. The first kappa shape index (κ1) is 26.4. The van der Waals surface area contributed by atoms with Crippen molar-refractivity contribution in [3.8, 4) is 5.75 Å². The number of nitrogens with two attached hydrogens (primary N) is 2. The van der Waals surface area contributed by atoms with E-state index in [-0.39, 0.29) is 12.3 Å². The number of ether oxygens (including phenoxy) is 1. The lowest BCUT2D eigenvalue weighted by molar-refractivity contribution is -0.122. The summed E-state index contributed by atoms with van der Waals surface area (Å²) >= 11 is 2.24. The molecule has 0 spiro atoms. The number of amides is 4. The molecule has 0 aliphatic carbocycles. The third-order valence-corrected chi connectivity index (χ3v) is 6.10. The minimum absolute atomic E-state index is 0.0301. The van der Waals surface area contributed by atoms with E-state index in [1.807, 2.05) is 60.7 Å². The number of urea groups is 1. The topological polar surface area (TPSA) is 137 Å². The van der Waals surface area contributed by atoms with Crippen LogP contribution in [0.4, 0.5) is 4.79 Å². The maximum atomic E-state index is 12.3. The van der Waals surface area contributed by atoms with Crippen molar-refractivity contribution in [2.75, 3.05) is 13.2 Å². The van der Waals surface area contributed by atoms with Gasteiger partial charge in [0, 0.05) is 15.7 Å². The van der Waals surface area contributed by atoms with Crippen molar-refractivity contribution in [2.45, 2.75) is 31.7 Å². The van der Waals surface area contributed by atoms with Crippen LogP contribution in [-0.2, 0) is 22.4 Å². The van der Waals surface area contributed by atoms with Crippen LogP contribution in [-0.4, -0.2) is 37.0 Å². The van der Waals surface area contributed by atoms with Crippen LogP contribution in [0.15, 0.2) is 60.7 Å². The van der Waals surface area contributed by atoms with Crippen molar-refractivity contribution in [1.29, 1.82) is 0 Å². The van der Waals surface area contributed by atoms with Gasteiger partial charge in [0.05, 0.1) is 19.1 Å². The van der Waals surface area contributed by atoms with E-state index in [1.54, 1.807) is 0 Å². The first-order valence-corrected chi connectivity index (χ1v) is 12.4. The molecule has 0 unspecified atom stereocenters. The summed E-state index contributed by atoms with van der Waals surface area (Å²) in [7, 11) is 0. The largest absolute Gasteiger partial charge is 0.493 e. The predicted molar refractivity (Wildman–Crippen MR) is 144 cm³/mol. The summed E-state index contributed by atoms with van der Waals surface area (Å²) in [5.74, 6) is -0.101. The third-order valence-electron chi connectivity index (χ3n) is 5.38. The van der Waals surface area contributed by atoms with Gasteiger partial charge in [0.25, 0.3) is 0 Å². The number of hydrogen-bond donors (Lipinski definition) is 4. The third kappa shape index (κ3) is 8.52. The van der Waals surface area contributed by atoms with Crippen LogP contribution in [0.5, 0.6) is 5.75 Å². The SMILES string of the molecule is NC(=O)NC(=O)Cc1cc2ccccc2cc1OCCCCNC(=O)[C@@H](N)Cc1ccc(I)cc1. The fourth-order valence-corrected chi connectivity index (χ4v) is 3.97. The van der Waals surface area contributed by atoms with Gasteiger partial charge in [0.1, 0.15) is 5.75 Å². The van der Waals surface area contributed by atoms with Crippen molar-refractivity contribution in [3.63, 3.8) is 0 Å². The molecule has 4 amide bonds. The molecule has 9 heteroatoms. The summed E-state index contributed by atoms with van der Waals surface area (Å²) in [6, 6.07) is 18.0. The lowest BCUT2D eigenvalue weighted by atomic mass is 10.0. The summed E-state index contributed by atoms with van der Waals surface area (Å²) in [6.07, 6.45) is 1.87. The second kappa shape index (κ2) is 13.1. The molecule has 8 nitrogen and oxygen atoms in total. The molecular formula is C26H29IN4O4. The Morgan fingerprint density at radius 1 is 0.971 bits per heavy atom. The Morgan fingerprint density at radius 3 is 2.34 bits per heavy atom. The lowest BCUT2D eigenvalue weighted by Gasteiger charge is -2.14. The number of hydrogen-bond acceptors (Lipinski definition) is 5. The van der Waals surface area contributed by atoms with E-state index in [1.165, 1.54) is 0 Å². The number of nitrogens with one attached hydrogen (secondary N) is 2. The fourth-order valence-electron chi connectivity index (χ4n) is 3.61. The molecule has 0 saturated heterocycles. The van der Waals surface area contributed by atoms with E-state index in [0.29, 0.717) is 43.7 Å². The molecule has 6 N–H and O–H groups in total. The van der Waals surface area contributed by atoms with Gasteiger partial charge in [-0.1, -0.05) is 36.4 Å². The van der Waals surface area contributed by atoms with Gasteiger partial charge >= 0.3 is 6.03 Å². The first-order chi connectivity index (χ1) is 16.8. The molecule has 3 rings (SSSR count). The zero-order valence-corrected chi connectivity index (χ0v) is 21.4. The van der Waals surface area contributed by atoms with E-state index in [0.717, 1.165) is 19.9 Å². The zero-order chi connectivity index (χ0) is 25.2. The van der Waals surface area contributed by atoms with Crippen molar-refractivity contribution in [3.05, 3.63) is 75.4 Å². The van der Waals surface area contributed by atoms with E-state index >= 15 is 0 Å². The molecule has 0 aliphatic rings. The fraction of sp³-hybridized carbons (Fsp3) is 0.269. The molecule has 184 valence electrons. The monoisotopic (exact) mass is 588 g/mol. The number of imide groups is 1. The molecule has 3 aromatic carbocycles. The summed E-state index contributed by atoms with van der Waals surface area (Å²) < 4.78 is 7.10. The van der Waals surface area contributed by atoms with Gasteiger partial charge in [-0.25, -0.2) is 4.79 Å². The number of carbonyl (C=O) groups is 3. The quantitative estimate of drug-likeness (QED) is 0.202. The molecule has 0 saturated carbocycles. The van der Waals surface area contributed by atoms with Crippen LogP contribution < -0.4 is 26.8 Å². The molecule has 35 heavy (non-hydrogen) atoms. The maximum absolute atomic E-state index is 12.3. The van der Waals surface area contributed by atoms with Crippen molar-refractivity contribution < 1.29 is 19.1 Å². The average molecular weight is 588 g/mol. The van der Waals surface area contributed by atoms with E-state index in [9.17, 15) is 14.4 Å². The van der Waals surface area contributed by atoms with Crippen LogP contribution in [0.2, 0.25) is 0 Å². The molecule has 0 aliphatic heterocycles. The second-order valence-corrected chi connectivity index (χ2v) is 9.43. The van der Waals surface area contributed by atoms with E-state index in [2.05, 4.69) is 33.2 Å². The van der Waals surface area contributed by atoms with Gasteiger partial charge in [-0.2, -0.15) is 0 Å². The molecule has 0 heterocycles. The molecule has 0 fully saturated rings. The number of rotatable bonds is 11. The molecule has 0 aromatic heterocycles. The minimum atomic E-state index is -0.890. The van der Waals surface area contributed by atoms with E-state index in [4.69, 9.17) is 16.2 Å². The van der Waals surface area contributed by atoms with Crippen LogP contribution in [0.1, 0.15) is 24.0 Å². The normalized spacial score (nSPS) is 11.6. The number of carbonyl (C=O) groups excluding carboxylic acids is 3. The molecule has 0 radical (unpaired) electrons. The summed E-state index contributed by atoms with van der Waals surface area (Å²) in [6.45, 7) is 0.904. The number of unbranched alkanes of at least 4 members (excludes halogenated alkanes) is 1. The zero-order valence-electron chi connectivity index (χ0n) is 19.3. The maximum Gasteiger partial charge on any atom is 0.318 e. The minimum Gasteiger partial charge on any atom is -0.493 e. The molecule has 0 bridgehead atoms. The van der Waals surface area contributed by atoms with Crippen LogP contribution >= 0.6 is 22.6 Å². The lowest BCUT2D eigenvalue weighted by Crippen LogP contribution is -2.42. The Labute approximate surface area is 217 Å². The van der Waals surface area contributed by atoms with Crippen molar-refractivity contribution in [2.24, 2.45) is 11.5 Å². The van der Waals surface area contributed by atoms with Crippen LogP contribution in [0.3, 0.4) is 0 Å². The summed E-state index contributed by atoms with van der Waals surface area (Å²) in [4.78, 5) is 35.3. The predicted octanol–water partition coefficient (Wildman–Crippen LogP) is 3.03. The number of fused-ring (bicyclic) bond motifs is 1. The van der Waals surface area contributed by atoms with Gasteiger partial charge in [0.2, 0.25) is 11.8 Å². The average Bonchev–Trinajstić information content (AvgIpc) is 2.82. The molecule has 3 aromatic rings. The molecule has 1 atom stereocenters. The van der Waals surface area contributed by atoms with Gasteiger partial charge in [-0.05, 0) is 82.5 Å². The van der Waals surface area contributed by atoms with Gasteiger partial charge in [-0.3, -0.25) is 14.9 Å². The highest BCUT2D eigenvalue weighted by atomic mass is 127. The standard InChI is InChI=1S/C26H29IN4O4/c27-21-9-7-17(8-10-21)13-22(28)25(33)30-11-3-4-12-35-23-15-19-6-2-1-5-18(19)14-20(23)16-24(32)31-26(29)34/h1-2,5-10,14-15,22H,3-4,11-13,16,28H2,(H,30,33)(H3,29,31,32,34)/t22-/m0/s1. The van der Waals surface area contributed by atoms with E-state index < -0.39 is 18.0 Å². The van der Waals surface area contributed by atoms with Crippen molar-refractivity contribution in [1.82, 2.24) is 10.6 Å². The van der Waals surface area contributed by atoms with Crippen LogP contribution in [0, 0.1) is 3.57 Å². The van der Waals surface area contributed by atoms with Crippen molar-refractivity contribution >= 4 is 51.2 Å². The Kier molecular flexibility index (Phi) is 9.86. The Balaban J connectivity index is 1.47. The van der Waals surface area contributed by atoms with Gasteiger partial charge < -0.3 is 21.5 Å². The highest BCUT2D eigenvalue weighted by molar-refractivity contribution is 14.1. The number of benzene rings is 3. The number of halogens is 1. The highest BCUT2D eigenvalue weighted by Crippen LogP contribution is 2.27. The van der Waals surface area contributed by atoms with Crippen LogP contribution in [0.25, 0.3) is 10.8 Å². The molecular weight excluding hydrogens is 559 g/mol. The highest BCUT2D eigenvalue weighted by Gasteiger charge is 2.14. The Morgan fingerprint density at radius 2 is 1.66 bits per heavy atom. The Hall–Kier alpha value is -3.18. The van der Waals surface area contributed by atoms with Gasteiger partial charge in [0.15, 0.2) is 0 Å². The summed E-state index contributed by atoms with van der Waals surface area (Å²) in [5, 5.41) is 6.90. The number of primary amides is 1. The summed E-state index contributed by atoms with van der Waals surface area (Å²) in [5.41, 5.74) is 12.8. The Bertz CT molecular complexity index is 1180. The smallest absolute Gasteiger partial charge is 0.318 e. The second-order valence-electron chi connectivity index (χ2n) is 8.18. The van der Waals surface area contributed by atoms with Gasteiger partial charge in [-0.15, -0.1) is 0 Å².